The van der Waals surface area contributed by atoms with Gasteiger partial charge in [-0.05, 0) is 6.07 Å². The third kappa shape index (κ3) is 5.45. The second-order valence-corrected chi connectivity index (χ2v) is 3.26. The van der Waals surface area contributed by atoms with E-state index in [1.807, 2.05) is 0 Å². The van der Waals surface area contributed by atoms with Gasteiger partial charge in [0.25, 0.3) is 0 Å². The van der Waals surface area contributed by atoms with Gasteiger partial charge in [-0.15, -0.1) is 0 Å². The number of halogens is 3. The Morgan fingerprint density at radius 2 is 1.88 bits per heavy atom. The van der Waals surface area contributed by atoms with E-state index in [1.165, 1.54) is 0 Å². The summed E-state index contributed by atoms with van der Waals surface area (Å²) in [5.74, 6) is 0.408. The fraction of sp³-hybridized carbons (Fsp3) is 0.556. The van der Waals surface area contributed by atoms with Crippen molar-refractivity contribution in [3.8, 4) is 0 Å². The molecule has 0 aromatic carbocycles. The molecule has 0 saturated heterocycles. The summed E-state index contributed by atoms with van der Waals surface area (Å²) >= 11 is 0. The van der Waals surface area contributed by atoms with Crippen LogP contribution in [0.2, 0.25) is 0 Å². The highest BCUT2D eigenvalue weighted by atomic mass is 19.4. The quantitative estimate of drug-likeness (QED) is 0.638. The van der Waals surface area contributed by atoms with Crippen molar-refractivity contribution in [2.75, 3.05) is 25.0 Å². The molecule has 8 heteroatoms. The Morgan fingerprint density at radius 3 is 2.47 bits per heavy atom. The number of hydrogen-bond donors (Lipinski definition) is 3. The lowest BCUT2D eigenvalue weighted by molar-refractivity contribution is -0.201. The minimum absolute atomic E-state index is 0.269. The SMILES string of the molecule is OC(CNCCNc1ncccn1)C(F)(F)F. The van der Waals surface area contributed by atoms with Gasteiger partial charge in [0.1, 0.15) is 0 Å². The predicted molar refractivity (Wildman–Crippen MR) is 55.5 cm³/mol. The number of nitrogens with zero attached hydrogens (tertiary/aromatic N) is 2. The summed E-state index contributed by atoms with van der Waals surface area (Å²) in [4.78, 5) is 7.74. The van der Waals surface area contributed by atoms with E-state index in [-0.39, 0.29) is 6.54 Å². The van der Waals surface area contributed by atoms with Gasteiger partial charge in [0, 0.05) is 32.0 Å². The number of aliphatic hydroxyl groups excluding tert-OH is 1. The van der Waals surface area contributed by atoms with E-state index < -0.39 is 18.8 Å². The van der Waals surface area contributed by atoms with E-state index >= 15 is 0 Å². The van der Waals surface area contributed by atoms with Gasteiger partial charge in [-0.25, -0.2) is 9.97 Å². The molecular formula is C9H13F3N4O. The Kier molecular flexibility index (Phi) is 5.11. The van der Waals surface area contributed by atoms with Gasteiger partial charge in [0.05, 0.1) is 0 Å². The average Bonchev–Trinajstić information content (AvgIpc) is 2.28. The van der Waals surface area contributed by atoms with Crippen molar-refractivity contribution in [2.24, 2.45) is 0 Å². The molecule has 1 unspecified atom stereocenters. The molecule has 5 nitrogen and oxygen atoms in total. The molecule has 0 aliphatic rings. The van der Waals surface area contributed by atoms with Crippen LogP contribution in [-0.2, 0) is 0 Å². The molecule has 0 aliphatic carbocycles. The molecule has 0 aliphatic heterocycles. The first-order chi connectivity index (χ1) is 8.00. The highest BCUT2D eigenvalue weighted by Gasteiger charge is 2.37. The Hall–Kier alpha value is -1.41. The van der Waals surface area contributed by atoms with Crippen molar-refractivity contribution >= 4 is 5.95 Å². The van der Waals surface area contributed by atoms with Crippen molar-refractivity contribution < 1.29 is 18.3 Å². The van der Waals surface area contributed by atoms with Crippen LogP contribution < -0.4 is 10.6 Å². The van der Waals surface area contributed by atoms with E-state index in [1.54, 1.807) is 18.5 Å². The van der Waals surface area contributed by atoms with E-state index in [0.29, 0.717) is 12.5 Å². The molecule has 1 atom stereocenters. The first-order valence-electron chi connectivity index (χ1n) is 4.96. The maximum atomic E-state index is 11.9. The summed E-state index contributed by atoms with van der Waals surface area (Å²) in [6, 6.07) is 1.66. The van der Waals surface area contributed by atoms with Crippen molar-refractivity contribution in [3.05, 3.63) is 18.5 Å². The average molecular weight is 250 g/mol. The van der Waals surface area contributed by atoms with Crippen LogP contribution in [0.1, 0.15) is 0 Å². The minimum Gasteiger partial charge on any atom is -0.382 e. The zero-order valence-corrected chi connectivity index (χ0v) is 8.91. The molecule has 1 aromatic rings. The van der Waals surface area contributed by atoms with Gasteiger partial charge >= 0.3 is 6.18 Å². The molecule has 0 amide bonds. The summed E-state index contributed by atoms with van der Waals surface area (Å²) in [5, 5.41) is 14.0. The molecule has 1 rings (SSSR count). The number of hydrogen-bond acceptors (Lipinski definition) is 5. The van der Waals surface area contributed by atoms with Gasteiger partial charge in [0.15, 0.2) is 6.10 Å². The molecule has 0 spiro atoms. The van der Waals surface area contributed by atoms with Crippen molar-refractivity contribution in [1.82, 2.24) is 15.3 Å². The third-order valence-corrected chi connectivity index (χ3v) is 1.87. The Morgan fingerprint density at radius 1 is 1.24 bits per heavy atom. The maximum absolute atomic E-state index is 11.9. The van der Waals surface area contributed by atoms with E-state index in [2.05, 4.69) is 20.6 Å². The molecule has 1 heterocycles. The molecule has 0 saturated carbocycles. The van der Waals surface area contributed by atoms with Crippen LogP contribution in [0.25, 0.3) is 0 Å². The molecule has 0 bridgehead atoms. The molecule has 0 radical (unpaired) electrons. The minimum atomic E-state index is -4.58. The summed E-state index contributed by atoms with van der Waals surface area (Å²) in [6.07, 6.45) is -3.81. The molecular weight excluding hydrogens is 237 g/mol. The monoisotopic (exact) mass is 250 g/mol. The predicted octanol–water partition coefficient (Wildman–Crippen LogP) is 0.401. The fourth-order valence-electron chi connectivity index (χ4n) is 1.01. The standard InChI is InChI=1S/C9H13F3N4O/c10-9(11,12)7(17)6-13-4-5-16-8-14-2-1-3-15-8/h1-3,7,13,17H,4-6H2,(H,14,15,16). The fourth-order valence-corrected chi connectivity index (χ4v) is 1.01. The van der Waals surface area contributed by atoms with E-state index in [4.69, 9.17) is 5.11 Å². The van der Waals surface area contributed by atoms with Crippen LogP contribution in [0.4, 0.5) is 19.1 Å². The number of nitrogens with one attached hydrogen (secondary N) is 2. The van der Waals surface area contributed by atoms with Crippen LogP contribution in [-0.4, -0.2) is 47.0 Å². The summed E-state index contributed by atoms with van der Waals surface area (Å²) in [7, 11) is 0. The van der Waals surface area contributed by atoms with Crippen LogP contribution >= 0.6 is 0 Å². The van der Waals surface area contributed by atoms with E-state index in [9.17, 15) is 13.2 Å². The number of aliphatic hydroxyl groups is 1. The lowest BCUT2D eigenvalue weighted by Crippen LogP contribution is -2.39. The lowest BCUT2D eigenvalue weighted by atomic mass is 10.3. The molecule has 1 aromatic heterocycles. The van der Waals surface area contributed by atoms with Crippen LogP contribution in [0.3, 0.4) is 0 Å². The number of anilines is 1. The van der Waals surface area contributed by atoms with Crippen molar-refractivity contribution in [3.63, 3.8) is 0 Å². The normalized spacial score (nSPS) is 13.4. The zero-order valence-electron chi connectivity index (χ0n) is 8.91. The Bertz CT molecular complexity index is 320. The highest BCUT2D eigenvalue weighted by Crippen LogP contribution is 2.18. The van der Waals surface area contributed by atoms with E-state index in [0.717, 1.165) is 0 Å². The van der Waals surface area contributed by atoms with Gasteiger partial charge < -0.3 is 15.7 Å². The second-order valence-electron chi connectivity index (χ2n) is 3.26. The first-order valence-corrected chi connectivity index (χ1v) is 4.96. The van der Waals surface area contributed by atoms with Gasteiger partial charge in [-0.2, -0.15) is 13.2 Å². The van der Waals surface area contributed by atoms with Crippen molar-refractivity contribution in [2.45, 2.75) is 12.3 Å². The summed E-state index contributed by atoms with van der Waals surface area (Å²) < 4.78 is 35.7. The van der Waals surface area contributed by atoms with Gasteiger partial charge in [-0.3, -0.25) is 0 Å². The van der Waals surface area contributed by atoms with Crippen LogP contribution in [0, 0.1) is 0 Å². The number of alkyl halides is 3. The van der Waals surface area contributed by atoms with Gasteiger partial charge in [0.2, 0.25) is 5.95 Å². The number of aromatic nitrogens is 2. The summed E-state index contributed by atoms with van der Waals surface area (Å²) in [6.45, 7) is 0.112. The second kappa shape index (κ2) is 6.36. The molecule has 0 fully saturated rings. The van der Waals surface area contributed by atoms with Crippen molar-refractivity contribution in [1.29, 1.82) is 0 Å². The topological polar surface area (TPSA) is 70.1 Å². The number of rotatable bonds is 6. The first kappa shape index (κ1) is 13.7. The van der Waals surface area contributed by atoms with Crippen LogP contribution in [0.5, 0.6) is 0 Å². The lowest BCUT2D eigenvalue weighted by Gasteiger charge is -2.15. The van der Waals surface area contributed by atoms with Gasteiger partial charge in [-0.1, -0.05) is 0 Å². The maximum Gasteiger partial charge on any atom is 0.415 e. The molecule has 96 valence electrons. The summed E-state index contributed by atoms with van der Waals surface area (Å²) in [5.41, 5.74) is 0. The largest absolute Gasteiger partial charge is 0.415 e. The van der Waals surface area contributed by atoms with Crippen LogP contribution in [0.15, 0.2) is 18.5 Å². The Labute approximate surface area is 96.1 Å². The smallest absolute Gasteiger partial charge is 0.382 e. The zero-order chi connectivity index (χ0) is 12.7. The third-order valence-electron chi connectivity index (χ3n) is 1.87. The molecule has 17 heavy (non-hydrogen) atoms. The Balaban J connectivity index is 2.09. The molecule has 3 N–H and O–H groups in total. The highest BCUT2D eigenvalue weighted by molar-refractivity contribution is 5.21.